The van der Waals surface area contributed by atoms with Crippen molar-refractivity contribution >= 4 is 34.5 Å². The number of nitrogens with zero attached hydrogens (tertiary/aromatic N) is 1. The Hall–Kier alpha value is -3.22. The molecule has 3 rings (SSSR count). The fourth-order valence-corrected chi connectivity index (χ4v) is 3.70. The number of rotatable bonds is 9. The third kappa shape index (κ3) is 4.67. The topological polar surface area (TPSA) is 92.8 Å². The molecule has 1 N–H and O–H groups in total. The molecule has 1 aliphatic heterocycles. The van der Waals surface area contributed by atoms with Crippen LogP contribution in [-0.4, -0.2) is 47.8 Å². The van der Waals surface area contributed by atoms with Crippen LogP contribution in [0.3, 0.4) is 0 Å². The van der Waals surface area contributed by atoms with Crippen LogP contribution in [0.25, 0.3) is 10.8 Å². The molecule has 7 nitrogen and oxygen atoms in total. The van der Waals surface area contributed by atoms with E-state index in [-0.39, 0.29) is 49.8 Å². The molecule has 158 valence electrons. The largest absolute Gasteiger partial charge is 0.456 e. The lowest BCUT2D eigenvalue weighted by Crippen LogP contribution is -2.41. The van der Waals surface area contributed by atoms with E-state index >= 15 is 0 Å². The Balaban J connectivity index is 1.52. The minimum atomic E-state index is -0.535. The van der Waals surface area contributed by atoms with Crippen LogP contribution in [0.1, 0.15) is 60.2 Å². The second-order valence-electron chi connectivity index (χ2n) is 7.49. The van der Waals surface area contributed by atoms with Crippen LogP contribution >= 0.6 is 0 Å². The van der Waals surface area contributed by atoms with Crippen LogP contribution in [-0.2, 0) is 14.3 Å². The van der Waals surface area contributed by atoms with Crippen molar-refractivity contribution in [1.82, 2.24) is 10.2 Å². The molecule has 2 aromatic carbocycles. The summed E-state index contributed by atoms with van der Waals surface area (Å²) in [6.07, 6.45) is 2.09. The van der Waals surface area contributed by atoms with Gasteiger partial charge in [-0.1, -0.05) is 37.6 Å². The van der Waals surface area contributed by atoms with E-state index in [9.17, 15) is 19.2 Å². The number of hydrogen-bond donors (Lipinski definition) is 1. The van der Waals surface area contributed by atoms with E-state index in [0.29, 0.717) is 16.5 Å². The number of esters is 1. The summed E-state index contributed by atoms with van der Waals surface area (Å²) in [6.45, 7) is 3.70. The zero-order valence-corrected chi connectivity index (χ0v) is 17.3. The van der Waals surface area contributed by atoms with Gasteiger partial charge in [-0.05, 0) is 37.3 Å². The minimum absolute atomic E-state index is 0.0146. The quantitative estimate of drug-likeness (QED) is 0.507. The first-order valence-electron chi connectivity index (χ1n) is 10.2. The highest BCUT2D eigenvalue weighted by Gasteiger charge is 2.32. The second kappa shape index (κ2) is 9.52. The van der Waals surface area contributed by atoms with Crippen LogP contribution in [0.15, 0.2) is 36.4 Å². The third-order valence-corrected chi connectivity index (χ3v) is 5.11. The summed E-state index contributed by atoms with van der Waals surface area (Å²) in [7, 11) is 0. The molecule has 1 unspecified atom stereocenters. The van der Waals surface area contributed by atoms with Gasteiger partial charge < -0.3 is 10.1 Å². The highest BCUT2D eigenvalue weighted by molar-refractivity contribution is 6.25. The van der Waals surface area contributed by atoms with Gasteiger partial charge in [0.1, 0.15) is 0 Å². The van der Waals surface area contributed by atoms with Crippen molar-refractivity contribution < 1.29 is 23.9 Å². The van der Waals surface area contributed by atoms with E-state index in [2.05, 4.69) is 5.32 Å². The second-order valence-corrected chi connectivity index (χ2v) is 7.49. The van der Waals surface area contributed by atoms with E-state index < -0.39 is 5.97 Å². The van der Waals surface area contributed by atoms with Crippen molar-refractivity contribution in [3.8, 4) is 0 Å². The molecule has 7 heteroatoms. The van der Waals surface area contributed by atoms with Crippen molar-refractivity contribution in [2.24, 2.45) is 0 Å². The molecule has 1 aliphatic rings. The molecule has 0 aliphatic carbocycles. The fourth-order valence-electron chi connectivity index (χ4n) is 3.70. The van der Waals surface area contributed by atoms with E-state index in [4.69, 9.17) is 4.74 Å². The zero-order valence-electron chi connectivity index (χ0n) is 17.3. The Morgan fingerprint density at radius 1 is 1.07 bits per heavy atom. The highest BCUT2D eigenvalue weighted by Crippen LogP contribution is 2.30. The van der Waals surface area contributed by atoms with Crippen molar-refractivity contribution in [2.45, 2.75) is 45.6 Å². The average Bonchev–Trinajstić information content (AvgIpc) is 2.73. The smallest absolute Gasteiger partial charge is 0.306 e. The number of benzene rings is 2. The van der Waals surface area contributed by atoms with Crippen molar-refractivity contribution in [2.75, 3.05) is 13.2 Å². The first kappa shape index (κ1) is 21.5. The predicted molar refractivity (Wildman–Crippen MR) is 112 cm³/mol. The molecule has 0 aromatic heterocycles. The van der Waals surface area contributed by atoms with Gasteiger partial charge in [0.05, 0.1) is 0 Å². The molecule has 0 bridgehead atoms. The summed E-state index contributed by atoms with van der Waals surface area (Å²) in [6, 6.07) is 10.8. The predicted octanol–water partition coefficient (Wildman–Crippen LogP) is 3.06. The summed E-state index contributed by atoms with van der Waals surface area (Å²) in [5.74, 6) is -1.59. The molecule has 1 heterocycles. The highest BCUT2D eigenvalue weighted by atomic mass is 16.5. The van der Waals surface area contributed by atoms with Crippen LogP contribution < -0.4 is 5.32 Å². The van der Waals surface area contributed by atoms with Gasteiger partial charge in [0.25, 0.3) is 17.7 Å². The SMILES string of the molecule is CCCC(C)NC(=O)COC(=O)CCCN1C(=O)c2cccc3cccc(c23)C1=O. The fraction of sp³-hybridized carbons (Fsp3) is 0.391. The van der Waals surface area contributed by atoms with Crippen LogP contribution in [0.2, 0.25) is 0 Å². The Kier molecular flexibility index (Phi) is 6.82. The Morgan fingerprint density at radius 2 is 1.70 bits per heavy atom. The molecule has 0 spiro atoms. The van der Waals surface area contributed by atoms with Gasteiger partial charge >= 0.3 is 5.97 Å². The Labute approximate surface area is 175 Å². The normalized spacial score (nSPS) is 14.0. The molecular formula is C23H26N2O5. The summed E-state index contributed by atoms with van der Waals surface area (Å²) >= 11 is 0. The van der Waals surface area contributed by atoms with Gasteiger partial charge in [-0.2, -0.15) is 0 Å². The summed E-state index contributed by atoms with van der Waals surface area (Å²) in [5.41, 5.74) is 0.978. The summed E-state index contributed by atoms with van der Waals surface area (Å²) in [5, 5.41) is 4.28. The van der Waals surface area contributed by atoms with Crippen molar-refractivity contribution in [3.63, 3.8) is 0 Å². The Morgan fingerprint density at radius 3 is 2.30 bits per heavy atom. The van der Waals surface area contributed by atoms with Gasteiger partial charge in [-0.3, -0.25) is 24.1 Å². The van der Waals surface area contributed by atoms with Crippen LogP contribution in [0, 0.1) is 0 Å². The molecule has 30 heavy (non-hydrogen) atoms. The van der Waals surface area contributed by atoms with Crippen molar-refractivity contribution in [1.29, 1.82) is 0 Å². The Bertz CT molecular complexity index is 934. The van der Waals surface area contributed by atoms with Gasteiger partial charge in [-0.15, -0.1) is 0 Å². The molecule has 1 atom stereocenters. The zero-order chi connectivity index (χ0) is 21.7. The number of imide groups is 1. The summed E-state index contributed by atoms with van der Waals surface area (Å²) in [4.78, 5) is 50.4. The number of ether oxygens (including phenoxy) is 1. The molecule has 3 amide bonds. The average molecular weight is 410 g/mol. The number of amides is 3. The molecule has 0 saturated carbocycles. The maximum atomic E-state index is 12.8. The molecule has 0 fully saturated rings. The molecular weight excluding hydrogens is 384 g/mol. The van der Waals surface area contributed by atoms with Crippen LogP contribution in [0.4, 0.5) is 0 Å². The van der Waals surface area contributed by atoms with E-state index in [1.54, 1.807) is 24.3 Å². The summed E-state index contributed by atoms with van der Waals surface area (Å²) < 4.78 is 4.99. The van der Waals surface area contributed by atoms with E-state index in [1.807, 2.05) is 26.0 Å². The van der Waals surface area contributed by atoms with Crippen molar-refractivity contribution in [3.05, 3.63) is 47.5 Å². The number of nitrogens with one attached hydrogen (secondary N) is 1. The standard InChI is InChI=1S/C23H26N2O5/c1-3-7-15(2)24-19(26)14-30-20(27)12-6-13-25-22(28)17-10-4-8-16-9-5-11-18(21(16)17)23(25)29/h4-5,8-11,15H,3,6-7,12-14H2,1-2H3,(H,24,26). The number of hydrogen-bond acceptors (Lipinski definition) is 5. The van der Waals surface area contributed by atoms with Gasteiger partial charge in [0.2, 0.25) is 0 Å². The van der Waals surface area contributed by atoms with Gasteiger partial charge in [0, 0.05) is 35.5 Å². The first-order chi connectivity index (χ1) is 14.4. The lowest BCUT2D eigenvalue weighted by molar-refractivity contribution is -0.148. The number of carbonyl (C=O) groups excluding carboxylic acids is 4. The molecule has 0 radical (unpaired) electrons. The monoisotopic (exact) mass is 410 g/mol. The number of carbonyl (C=O) groups is 4. The maximum Gasteiger partial charge on any atom is 0.306 e. The maximum absolute atomic E-state index is 12.8. The van der Waals surface area contributed by atoms with E-state index in [1.165, 1.54) is 4.90 Å². The first-order valence-corrected chi connectivity index (χ1v) is 10.2. The lowest BCUT2D eigenvalue weighted by Gasteiger charge is -2.27. The van der Waals surface area contributed by atoms with E-state index in [0.717, 1.165) is 18.2 Å². The third-order valence-electron chi connectivity index (χ3n) is 5.11. The molecule has 2 aromatic rings. The van der Waals surface area contributed by atoms with Gasteiger partial charge in [0.15, 0.2) is 6.61 Å². The minimum Gasteiger partial charge on any atom is -0.456 e. The van der Waals surface area contributed by atoms with Gasteiger partial charge in [-0.25, -0.2) is 0 Å². The van der Waals surface area contributed by atoms with Crippen LogP contribution in [0.5, 0.6) is 0 Å². The lowest BCUT2D eigenvalue weighted by atomic mass is 9.94. The molecule has 0 saturated heterocycles.